The summed E-state index contributed by atoms with van der Waals surface area (Å²) in [5.74, 6) is -2.87. The van der Waals surface area contributed by atoms with Gasteiger partial charge in [-0.25, -0.2) is 0 Å². The Morgan fingerprint density at radius 1 is 1.04 bits per heavy atom. The molecule has 2 rings (SSSR count). The first kappa shape index (κ1) is 17.2. The van der Waals surface area contributed by atoms with Crippen LogP contribution in [0.2, 0.25) is 0 Å². The van der Waals surface area contributed by atoms with Crippen molar-refractivity contribution in [3.8, 4) is 0 Å². The van der Waals surface area contributed by atoms with Gasteiger partial charge >= 0.3 is 23.9 Å². The van der Waals surface area contributed by atoms with Crippen molar-refractivity contribution in [3.05, 3.63) is 0 Å². The topological polar surface area (TPSA) is 114 Å². The molecule has 23 heavy (non-hydrogen) atoms. The molecule has 0 aromatic rings. The molecule has 2 aliphatic rings. The number of hydrogen-bond acceptors (Lipinski definition) is 9. The average Bonchev–Trinajstić information content (AvgIpc) is 2.78. The number of esters is 4. The van der Waals surface area contributed by atoms with E-state index in [-0.39, 0.29) is 13.0 Å². The fraction of sp³-hybridized carbons (Fsp3) is 0.714. The van der Waals surface area contributed by atoms with Crippen LogP contribution in [0.5, 0.6) is 0 Å². The number of carbonyl (C=O) groups excluding carboxylic acids is 4. The van der Waals surface area contributed by atoms with E-state index in [9.17, 15) is 19.2 Å². The van der Waals surface area contributed by atoms with Crippen LogP contribution in [0.15, 0.2) is 0 Å². The van der Waals surface area contributed by atoms with Crippen LogP contribution in [0, 0.1) is 5.92 Å². The summed E-state index contributed by atoms with van der Waals surface area (Å²) in [4.78, 5) is 45.2. The van der Waals surface area contributed by atoms with Crippen molar-refractivity contribution in [3.63, 3.8) is 0 Å². The zero-order chi connectivity index (χ0) is 17.1. The first-order valence-corrected chi connectivity index (χ1v) is 7.10. The van der Waals surface area contributed by atoms with Gasteiger partial charge in [-0.2, -0.15) is 0 Å². The van der Waals surface area contributed by atoms with Crippen molar-refractivity contribution >= 4 is 23.9 Å². The molecule has 0 spiro atoms. The number of rotatable bonds is 4. The van der Waals surface area contributed by atoms with Gasteiger partial charge in [-0.3, -0.25) is 19.2 Å². The summed E-state index contributed by atoms with van der Waals surface area (Å²) in [6, 6.07) is 0. The lowest BCUT2D eigenvalue weighted by Crippen LogP contribution is -2.57. The summed E-state index contributed by atoms with van der Waals surface area (Å²) in [5, 5.41) is 0. The Balaban J connectivity index is 2.25. The molecule has 0 amide bonds. The highest BCUT2D eigenvalue weighted by Gasteiger charge is 2.55. The molecule has 0 aromatic carbocycles. The van der Waals surface area contributed by atoms with Gasteiger partial charge in [0.1, 0.15) is 12.7 Å². The Bertz CT molecular complexity index is 514. The normalized spacial score (nSPS) is 32.5. The van der Waals surface area contributed by atoms with Gasteiger partial charge in [0.25, 0.3) is 0 Å². The average molecular weight is 330 g/mol. The molecule has 128 valence electrons. The second-order valence-electron chi connectivity index (χ2n) is 5.35. The Labute approximate surface area is 132 Å². The SMILES string of the molecule is CC(=O)OC[C@H]1O[C@@H]2OC(=O)C[C@@H]2[C@@H](OC(C)=O)[C@H]1OC(C)=O. The highest BCUT2D eigenvalue weighted by atomic mass is 16.7. The third-order valence-corrected chi connectivity index (χ3v) is 3.48. The molecular formula is C14H18O9. The molecule has 2 fully saturated rings. The van der Waals surface area contributed by atoms with Gasteiger partial charge in [0.15, 0.2) is 12.2 Å². The summed E-state index contributed by atoms with van der Waals surface area (Å²) >= 11 is 0. The Morgan fingerprint density at radius 2 is 1.65 bits per heavy atom. The quantitative estimate of drug-likeness (QED) is 0.506. The summed E-state index contributed by atoms with van der Waals surface area (Å²) < 4.78 is 25.9. The lowest BCUT2D eigenvalue weighted by atomic mass is 9.89. The van der Waals surface area contributed by atoms with Crippen LogP contribution in [0.25, 0.3) is 0 Å². The number of carbonyl (C=O) groups is 4. The maximum Gasteiger partial charge on any atom is 0.308 e. The van der Waals surface area contributed by atoms with Crippen LogP contribution in [0.3, 0.4) is 0 Å². The van der Waals surface area contributed by atoms with Crippen molar-refractivity contribution in [2.24, 2.45) is 5.92 Å². The minimum absolute atomic E-state index is 0.0271. The van der Waals surface area contributed by atoms with Gasteiger partial charge in [-0.05, 0) is 0 Å². The standard InChI is InChI=1S/C14H18O9/c1-6(15)19-5-10-13(21-8(3)17)12(20-7(2)16)9-4-11(18)23-14(9)22-10/h9-10,12-14H,4-5H2,1-3H3/t9-,10-,12-,13+,14-/m1/s1. The molecule has 0 bridgehead atoms. The fourth-order valence-electron chi connectivity index (χ4n) is 2.67. The van der Waals surface area contributed by atoms with Crippen molar-refractivity contribution in [1.82, 2.24) is 0 Å². The van der Waals surface area contributed by atoms with E-state index in [0.717, 1.165) is 0 Å². The Hall–Kier alpha value is -2.16. The maximum absolute atomic E-state index is 11.5. The highest BCUT2D eigenvalue weighted by molar-refractivity contribution is 5.72. The molecule has 0 saturated carbocycles. The molecule has 0 N–H and O–H groups in total. The van der Waals surface area contributed by atoms with Gasteiger partial charge in [0.2, 0.25) is 6.29 Å². The number of hydrogen-bond donors (Lipinski definition) is 0. The molecule has 2 saturated heterocycles. The van der Waals surface area contributed by atoms with E-state index < -0.39 is 54.4 Å². The van der Waals surface area contributed by atoms with Gasteiger partial charge < -0.3 is 23.7 Å². The molecule has 0 radical (unpaired) electrons. The minimum Gasteiger partial charge on any atom is -0.463 e. The number of fused-ring (bicyclic) bond motifs is 1. The van der Waals surface area contributed by atoms with Gasteiger partial charge in [-0.1, -0.05) is 0 Å². The zero-order valence-corrected chi connectivity index (χ0v) is 13.0. The largest absolute Gasteiger partial charge is 0.463 e. The molecule has 9 heteroatoms. The molecular weight excluding hydrogens is 312 g/mol. The monoisotopic (exact) mass is 330 g/mol. The molecule has 9 nitrogen and oxygen atoms in total. The maximum atomic E-state index is 11.5. The zero-order valence-electron chi connectivity index (χ0n) is 13.0. The second kappa shape index (κ2) is 6.95. The molecule has 0 unspecified atom stereocenters. The van der Waals surface area contributed by atoms with Crippen LogP contribution in [0.1, 0.15) is 27.2 Å². The first-order valence-electron chi connectivity index (χ1n) is 7.10. The molecule has 0 aromatic heterocycles. The van der Waals surface area contributed by atoms with Gasteiger partial charge in [-0.15, -0.1) is 0 Å². The molecule has 2 aliphatic heterocycles. The first-order chi connectivity index (χ1) is 10.8. The third-order valence-electron chi connectivity index (χ3n) is 3.48. The van der Waals surface area contributed by atoms with Gasteiger partial charge in [0.05, 0.1) is 12.3 Å². The smallest absolute Gasteiger partial charge is 0.308 e. The van der Waals surface area contributed by atoms with Crippen LogP contribution >= 0.6 is 0 Å². The fourth-order valence-corrected chi connectivity index (χ4v) is 2.67. The summed E-state index contributed by atoms with van der Waals surface area (Å²) in [6.07, 6.45) is -3.83. The molecule has 2 heterocycles. The van der Waals surface area contributed by atoms with Crippen molar-refractivity contribution in [2.45, 2.75) is 51.8 Å². The predicted molar refractivity (Wildman–Crippen MR) is 70.6 cm³/mol. The van der Waals surface area contributed by atoms with Crippen LogP contribution in [-0.4, -0.2) is 55.1 Å². The Kier molecular flexibility index (Phi) is 5.19. The predicted octanol–water partition coefficient (Wildman–Crippen LogP) is -0.299. The second-order valence-corrected chi connectivity index (χ2v) is 5.35. The molecule has 5 atom stereocenters. The summed E-state index contributed by atoms with van der Waals surface area (Å²) in [7, 11) is 0. The van der Waals surface area contributed by atoms with Crippen LogP contribution < -0.4 is 0 Å². The van der Waals surface area contributed by atoms with E-state index >= 15 is 0 Å². The number of ether oxygens (including phenoxy) is 5. The van der Waals surface area contributed by atoms with Crippen LogP contribution in [-0.2, 0) is 42.9 Å². The van der Waals surface area contributed by atoms with E-state index in [0.29, 0.717) is 0 Å². The molecule has 0 aliphatic carbocycles. The van der Waals surface area contributed by atoms with E-state index in [1.807, 2.05) is 0 Å². The van der Waals surface area contributed by atoms with Gasteiger partial charge in [0, 0.05) is 20.8 Å². The Morgan fingerprint density at radius 3 is 2.22 bits per heavy atom. The van der Waals surface area contributed by atoms with E-state index in [2.05, 4.69) is 0 Å². The van der Waals surface area contributed by atoms with E-state index in [4.69, 9.17) is 23.7 Å². The van der Waals surface area contributed by atoms with Crippen molar-refractivity contribution < 1.29 is 42.9 Å². The third kappa shape index (κ3) is 4.19. The van der Waals surface area contributed by atoms with E-state index in [1.165, 1.54) is 20.8 Å². The van der Waals surface area contributed by atoms with E-state index in [1.54, 1.807) is 0 Å². The van der Waals surface area contributed by atoms with Crippen LogP contribution in [0.4, 0.5) is 0 Å². The highest BCUT2D eigenvalue weighted by Crippen LogP contribution is 2.37. The summed E-state index contributed by atoms with van der Waals surface area (Å²) in [5.41, 5.74) is 0. The lowest BCUT2D eigenvalue weighted by molar-refractivity contribution is -0.266. The summed E-state index contributed by atoms with van der Waals surface area (Å²) in [6.45, 7) is 3.38. The van der Waals surface area contributed by atoms with Crippen molar-refractivity contribution in [2.75, 3.05) is 6.61 Å². The van der Waals surface area contributed by atoms with Crippen molar-refractivity contribution in [1.29, 1.82) is 0 Å². The lowest BCUT2D eigenvalue weighted by Gasteiger charge is -2.41. The minimum atomic E-state index is -1.01.